The van der Waals surface area contributed by atoms with Gasteiger partial charge >= 0.3 is 0 Å². The molecule has 0 fully saturated rings. The van der Waals surface area contributed by atoms with Crippen LogP contribution < -0.4 is 10.1 Å². The zero-order valence-corrected chi connectivity index (χ0v) is 17.3. The SMILES string of the molecule is Cc1cc(C)c(OCC(=O)Nc2nc(-c3ccc(Cl)cc3)cs2)c(Br)c1. The van der Waals surface area contributed by atoms with E-state index in [4.69, 9.17) is 16.3 Å². The molecule has 0 atom stereocenters. The summed E-state index contributed by atoms with van der Waals surface area (Å²) in [4.78, 5) is 16.6. The first-order chi connectivity index (χ1) is 12.4. The summed E-state index contributed by atoms with van der Waals surface area (Å²) in [5.41, 5.74) is 3.84. The molecule has 4 nitrogen and oxygen atoms in total. The molecule has 0 aliphatic rings. The summed E-state index contributed by atoms with van der Waals surface area (Å²) in [5.74, 6) is 0.417. The van der Waals surface area contributed by atoms with Crippen LogP contribution in [0.5, 0.6) is 5.75 Å². The number of anilines is 1. The maximum absolute atomic E-state index is 12.2. The highest BCUT2D eigenvalue weighted by molar-refractivity contribution is 9.10. The number of hydrogen-bond acceptors (Lipinski definition) is 4. The average molecular weight is 452 g/mol. The molecule has 1 aromatic heterocycles. The minimum atomic E-state index is -0.256. The molecular weight excluding hydrogens is 436 g/mol. The van der Waals surface area contributed by atoms with Gasteiger partial charge in [0.25, 0.3) is 5.91 Å². The number of benzene rings is 2. The van der Waals surface area contributed by atoms with Crippen LogP contribution in [0.25, 0.3) is 11.3 Å². The molecule has 1 heterocycles. The third kappa shape index (κ3) is 4.63. The summed E-state index contributed by atoms with van der Waals surface area (Å²) in [5, 5.41) is 5.86. The molecular formula is C19H16BrClN2O2S. The standard InChI is InChI=1S/C19H16BrClN2O2S/c1-11-7-12(2)18(15(20)8-11)25-9-17(24)23-19-22-16(10-26-19)13-3-5-14(21)6-4-13/h3-8,10H,9H2,1-2H3,(H,22,23,24). The lowest BCUT2D eigenvalue weighted by atomic mass is 10.1. The number of rotatable bonds is 5. The number of carbonyl (C=O) groups excluding carboxylic acids is 1. The zero-order valence-electron chi connectivity index (χ0n) is 14.2. The van der Waals surface area contributed by atoms with Crippen molar-refractivity contribution >= 4 is 49.9 Å². The van der Waals surface area contributed by atoms with E-state index in [9.17, 15) is 4.79 Å². The van der Waals surface area contributed by atoms with Crippen LogP contribution in [0.3, 0.4) is 0 Å². The van der Waals surface area contributed by atoms with Gasteiger partial charge in [-0.25, -0.2) is 4.98 Å². The van der Waals surface area contributed by atoms with Crippen molar-refractivity contribution in [3.63, 3.8) is 0 Å². The van der Waals surface area contributed by atoms with Crippen molar-refractivity contribution in [3.05, 3.63) is 62.4 Å². The fourth-order valence-corrected chi connectivity index (χ4v) is 4.11. The number of nitrogens with zero attached hydrogens (tertiary/aromatic N) is 1. The number of thiazole rings is 1. The van der Waals surface area contributed by atoms with Crippen molar-refractivity contribution in [2.45, 2.75) is 13.8 Å². The smallest absolute Gasteiger partial charge is 0.264 e. The van der Waals surface area contributed by atoms with Gasteiger partial charge in [-0.15, -0.1) is 11.3 Å². The van der Waals surface area contributed by atoms with Crippen molar-refractivity contribution in [1.82, 2.24) is 4.98 Å². The van der Waals surface area contributed by atoms with Crippen LogP contribution in [-0.2, 0) is 4.79 Å². The Morgan fingerprint density at radius 1 is 1.27 bits per heavy atom. The van der Waals surface area contributed by atoms with Crippen molar-refractivity contribution in [3.8, 4) is 17.0 Å². The van der Waals surface area contributed by atoms with Gasteiger partial charge in [-0.05, 0) is 59.1 Å². The van der Waals surface area contributed by atoms with Crippen LogP contribution in [-0.4, -0.2) is 17.5 Å². The van der Waals surface area contributed by atoms with Crippen LogP contribution in [0.1, 0.15) is 11.1 Å². The fourth-order valence-electron chi connectivity index (χ4n) is 2.46. The Labute approximate surface area is 169 Å². The summed E-state index contributed by atoms with van der Waals surface area (Å²) in [6.07, 6.45) is 0. The van der Waals surface area contributed by atoms with E-state index in [1.807, 2.05) is 55.6 Å². The Morgan fingerprint density at radius 3 is 2.69 bits per heavy atom. The second-order valence-electron chi connectivity index (χ2n) is 5.77. The maximum atomic E-state index is 12.2. The van der Waals surface area contributed by atoms with Crippen LogP contribution in [0.2, 0.25) is 5.02 Å². The number of aromatic nitrogens is 1. The van der Waals surface area contributed by atoms with Gasteiger partial charge in [0.05, 0.1) is 10.2 Å². The van der Waals surface area contributed by atoms with Gasteiger partial charge in [0.1, 0.15) is 5.75 Å². The van der Waals surface area contributed by atoms with Crippen LogP contribution in [0.4, 0.5) is 5.13 Å². The number of ether oxygens (including phenoxy) is 1. The summed E-state index contributed by atoms with van der Waals surface area (Å²) in [6, 6.07) is 11.4. The first-order valence-corrected chi connectivity index (χ1v) is 9.88. The minimum Gasteiger partial charge on any atom is -0.482 e. The molecule has 2 aromatic carbocycles. The highest BCUT2D eigenvalue weighted by Gasteiger charge is 2.11. The molecule has 0 aliphatic carbocycles. The van der Waals surface area contributed by atoms with Gasteiger partial charge in [-0.2, -0.15) is 0 Å². The molecule has 0 bridgehead atoms. The van der Waals surface area contributed by atoms with Crippen molar-refractivity contribution in [2.75, 3.05) is 11.9 Å². The number of aryl methyl sites for hydroxylation is 2. The largest absolute Gasteiger partial charge is 0.482 e. The van der Waals surface area contributed by atoms with Crippen LogP contribution >= 0.6 is 38.9 Å². The summed E-state index contributed by atoms with van der Waals surface area (Å²) < 4.78 is 6.50. The summed E-state index contributed by atoms with van der Waals surface area (Å²) >= 11 is 10.7. The van der Waals surface area contributed by atoms with Crippen LogP contribution in [0.15, 0.2) is 46.3 Å². The third-order valence-electron chi connectivity index (χ3n) is 3.61. The van der Waals surface area contributed by atoms with E-state index in [0.29, 0.717) is 15.9 Å². The molecule has 3 aromatic rings. The fraction of sp³-hybridized carbons (Fsp3) is 0.158. The van der Waals surface area contributed by atoms with Crippen molar-refractivity contribution in [1.29, 1.82) is 0 Å². The predicted octanol–water partition coefficient (Wildman–Crippen LogP) is 5.86. The molecule has 3 rings (SSSR count). The van der Waals surface area contributed by atoms with Crippen molar-refractivity contribution < 1.29 is 9.53 Å². The molecule has 0 saturated heterocycles. The van der Waals surface area contributed by atoms with E-state index in [2.05, 4.69) is 26.2 Å². The van der Waals surface area contributed by atoms with Crippen LogP contribution in [0, 0.1) is 13.8 Å². The maximum Gasteiger partial charge on any atom is 0.264 e. The lowest BCUT2D eigenvalue weighted by Crippen LogP contribution is -2.20. The predicted molar refractivity (Wildman–Crippen MR) is 110 cm³/mol. The van der Waals surface area contributed by atoms with Crippen molar-refractivity contribution in [2.24, 2.45) is 0 Å². The van der Waals surface area contributed by atoms with Gasteiger partial charge < -0.3 is 4.74 Å². The van der Waals surface area contributed by atoms with E-state index in [1.54, 1.807) is 0 Å². The van der Waals surface area contributed by atoms with Gasteiger partial charge in [-0.3, -0.25) is 10.1 Å². The third-order valence-corrected chi connectivity index (χ3v) is 5.21. The van der Waals surface area contributed by atoms with Gasteiger partial charge in [-0.1, -0.05) is 29.8 Å². The second-order valence-corrected chi connectivity index (χ2v) is 7.92. The molecule has 0 spiro atoms. The molecule has 7 heteroatoms. The molecule has 0 radical (unpaired) electrons. The Hall–Kier alpha value is -1.89. The normalized spacial score (nSPS) is 10.6. The monoisotopic (exact) mass is 450 g/mol. The lowest BCUT2D eigenvalue weighted by molar-refractivity contribution is -0.118. The summed E-state index contributed by atoms with van der Waals surface area (Å²) in [6.45, 7) is 3.87. The Morgan fingerprint density at radius 2 is 2.00 bits per heavy atom. The number of amides is 1. The Balaban J connectivity index is 1.62. The molecule has 1 N–H and O–H groups in total. The van der Waals surface area contributed by atoms with Gasteiger partial charge in [0.15, 0.2) is 11.7 Å². The highest BCUT2D eigenvalue weighted by atomic mass is 79.9. The first kappa shape index (κ1) is 18.9. The number of nitrogens with one attached hydrogen (secondary N) is 1. The molecule has 134 valence electrons. The van der Waals surface area contributed by atoms with Gasteiger partial charge in [0, 0.05) is 16.0 Å². The van der Waals surface area contributed by atoms with E-state index >= 15 is 0 Å². The zero-order chi connectivity index (χ0) is 18.7. The number of halogens is 2. The molecule has 0 unspecified atom stereocenters. The summed E-state index contributed by atoms with van der Waals surface area (Å²) in [7, 11) is 0. The van der Waals surface area contributed by atoms with Gasteiger partial charge in [0.2, 0.25) is 0 Å². The Bertz CT molecular complexity index is 918. The second kappa shape index (κ2) is 8.20. The lowest BCUT2D eigenvalue weighted by Gasteiger charge is -2.11. The molecule has 26 heavy (non-hydrogen) atoms. The first-order valence-electron chi connectivity index (χ1n) is 7.83. The Kier molecular flexibility index (Phi) is 5.96. The van der Waals surface area contributed by atoms with E-state index in [0.717, 1.165) is 26.9 Å². The molecule has 0 saturated carbocycles. The minimum absolute atomic E-state index is 0.0850. The van der Waals surface area contributed by atoms with E-state index in [1.165, 1.54) is 11.3 Å². The number of carbonyl (C=O) groups is 1. The number of hydrogen-bond donors (Lipinski definition) is 1. The molecule has 1 amide bonds. The van der Waals surface area contributed by atoms with E-state index < -0.39 is 0 Å². The van der Waals surface area contributed by atoms with E-state index in [-0.39, 0.29) is 12.5 Å². The average Bonchev–Trinajstić information content (AvgIpc) is 3.03. The highest BCUT2D eigenvalue weighted by Crippen LogP contribution is 2.30. The topological polar surface area (TPSA) is 51.2 Å². The quantitative estimate of drug-likeness (QED) is 0.528. The molecule has 0 aliphatic heterocycles.